The Kier molecular flexibility index (Phi) is 4.42. The molecule has 0 amide bonds. The second-order valence-corrected chi connectivity index (χ2v) is 4.49. The van der Waals surface area contributed by atoms with Gasteiger partial charge in [-0.25, -0.2) is 0 Å². The minimum Gasteiger partial charge on any atom is -0.288 e. The molecule has 0 aliphatic heterocycles. The molecule has 2 aromatic rings. The van der Waals surface area contributed by atoms with Crippen molar-refractivity contribution in [3.63, 3.8) is 0 Å². The van der Waals surface area contributed by atoms with Crippen LogP contribution in [0.5, 0.6) is 0 Å². The van der Waals surface area contributed by atoms with Crippen LogP contribution < -0.4 is 0 Å². The maximum absolute atomic E-state index is 12.7. The van der Waals surface area contributed by atoms with Gasteiger partial charge < -0.3 is 0 Å². The van der Waals surface area contributed by atoms with Crippen LogP contribution in [-0.2, 0) is 6.18 Å². The molecule has 0 atom stereocenters. The summed E-state index contributed by atoms with van der Waals surface area (Å²) in [4.78, 5) is 12.2. The average molecular weight is 301 g/mol. The van der Waals surface area contributed by atoms with Crippen molar-refractivity contribution < 1.29 is 18.0 Å². The minimum atomic E-state index is -4.54. The number of nitrogens with zero attached hydrogens (tertiary/aromatic N) is 1. The predicted molar refractivity (Wildman–Crippen MR) is 75.8 cm³/mol. The summed E-state index contributed by atoms with van der Waals surface area (Å²) in [5.74, 6) is -0.738. The maximum Gasteiger partial charge on any atom is 0.416 e. The third kappa shape index (κ3) is 3.61. The molecule has 0 aliphatic rings. The lowest BCUT2D eigenvalue weighted by Gasteiger charge is -2.07. The molecule has 0 N–H and O–H groups in total. The third-order valence-electron chi connectivity index (χ3n) is 2.93. The summed E-state index contributed by atoms with van der Waals surface area (Å²) in [6.07, 6.45) is -3.19. The van der Waals surface area contributed by atoms with Gasteiger partial charge in [0, 0.05) is 5.56 Å². The number of alkyl halides is 3. The van der Waals surface area contributed by atoms with Crippen LogP contribution in [0, 0.1) is 11.3 Å². The Morgan fingerprint density at radius 3 is 2.32 bits per heavy atom. The van der Waals surface area contributed by atoms with Crippen LogP contribution in [0.1, 0.15) is 21.5 Å². The molecule has 0 bridgehead atoms. The Labute approximate surface area is 125 Å². The van der Waals surface area contributed by atoms with Gasteiger partial charge in [-0.1, -0.05) is 42.5 Å². The first-order valence-electron chi connectivity index (χ1n) is 6.30. The first-order chi connectivity index (χ1) is 10.4. The SMILES string of the molecule is N#C/C(=C/c1ccccc1)C(=O)c1cccc(C(F)(F)F)c1. The number of ketones is 1. The van der Waals surface area contributed by atoms with Gasteiger partial charge in [-0.3, -0.25) is 4.79 Å². The number of hydrogen-bond donors (Lipinski definition) is 0. The average Bonchev–Trinajstić information content (AvgIpc) is 2.52. The van der Waals surface area contributed by atoms with Crippen LogP contribution in [-0.4, -0.2) is 5.78 Å². The molecule has 2 aromatic carbocycles. The number of carbonyl (C=O) groups is 1. The lowest BCUT2D eigenvalue weighted by molar-refractivity contribution is -0.137. The van der Waals surface area contributed by atoms with Crippen molar-refractivity contribution in [2.45, 2.75) is 6.18 Å². The largest absolute Gasteiger partial charge is 0.416 e. The summed E-state index contributed by atoms with van der Waals surface area (Å²) < 4.78 is 38.0. The quantitative estimate of drug-likeness (QED) is 0.476. The Bertz CT molecular complexity index is 755. The molecular formula is C17H10F3NO. The summed E-state index contributed by atoms with van der Waals surface area (Å²) in [7, 11) is 0. The normalized spacial score (nSPS) is 11.8. The second kappa shape index (κ2) is 6.27. The molecule has 2 rings (SSSR count). The van der Waals surface area contributed by atoms with Gasteiger partial charge in [-0.05, 0) is 23.8 Å². The van der Waals surface area contributed by atoms with E-state index in [1.165, 1.54) is 12.1 Å². The van der Waals surface area contributed by atoms with Crippen molar-refractivity contribution in [2.24, 2.45) is 0 Å². The summed E-state index contributed by atoms with van der Waals surface area (Å²) >= 11 is 0. The molecule has 110 valence electrons. The van der Waals surface area contributed by atoms with Crippen LogP contribution in [0.25, 0.3) is 6.08 Å². The monoisotopic (exact) mass is 301 g/mol. The van der Waals surface area contributed by atoms with E-state index >= 15 is 0 Å². The van der Waals surface area contributed by atoms with E-state index in [-0.39, 0.29) is 11.1 Å². The molecule has 5 heteroatoms. The molecule has 0 heterocycles. The molecule has 0 fully saturated rings. The van der Waals surface area contributed by atoms with E-state index in [4.69, 9.17) is 5.26 Å². The zero-order valence-corrected chi connectivity index (χ0v) is 11.3. The van der Waals surface area contributed by atoms with E-state index in [9.17, 15) is 18.0 Å². The van der Waals surface area contributed by atoms with Gasteiger partial charge in [0.25, 0.3) is 0 Å². The number of allylic oxidation sites excluding steroid dienone is 1. The van der Waals surface area contributed by atoms with E-state index < -0.39 is 17.5 Å². The van der Waals surface area contributed by atoms with Crippen LogP contribution in [0.15, 0.2) is 60.2 Å². The van der Waals surface area contributed by atoms with Crippen molar-refractivity contribution in [3.05, 3.63) is 76.9 Å². The van der Waals surface area contributed by atoms with Gasteiger partial charge in [-0.2, -0.15) is 18.4 Å². The zero-order valence-electron chi connectivity index (χ0n) is 11.3. The van der Waals surface area contributed by atoms with E-state index in [2.05, 4.69) is 0 Å². The second-order valence-electron chi connectivity index (χ2n) is 4.49. The highest BCUT2D eigenvalue weighted by molar-refractivity contribution is 6.14. The lowest BCUT2D eigenvalue weighted by Crippen LogP contribution is -2.08. The molecule has 0 spiro atoms. The van der Waals surface area contributed by atoms with Gasteiger partial charge >= 0.3 is 6.18 Å². The van der Waals surface area contributed by atoms with Crippen LogP contribution in [0.2, 0.25) is 0 Å². The van der Waals surface area contributed by atoms with Crippen LogP contribution >= 0.6 is 0 Å². The van der Waals surface area contributed by atoms with E-state index in [1.54, 1.807) is 36.4 Å². The van der Waals surface area contributed by atoms with Gasteiger partial charge in [0.1, 0.15) is 11.6 Å². The molecule has 0 aliphatic carbocycles. The van der Waals surface area contributed by atoms with Crippen LogP contribution in [0.4, 0.5) is 13.2 Å². The topological polar surface area (TPSA) is 40.9 Å². The maximum atomic E-state index is 12.7. The van der Waals surface area contributed by atoms with Crippen molar-refractivity contribution in [2.75, 3.05) is 0 Å². The molecule has 22 heavy (non-hydrogen) atoms. The Hall–Kier alpha value is -2.87. The van der Waals surface area contributed by atoms with Crippen molar-refractivity contribution in [3.8, 4) is 6.07 Å². The summed E-state index contributed by atoms with van der Waals surface area (Å²) in [5, 5.41) is 9.09. The third-order valence-corrected chi connectivity index (χ3v) is 2.93. The first kappa shape index (κ1) is 15.5. The van der Waals surface area contributed by atoms with E-state index in [0.717, 1.165) is 18.2 Å². The predicted octanol–water partition coefficient (Wildman–Crippen LogP) is 4.50. The van der Waals surface area contributed by atoms with Gasteiger partial charge in [0.05, 0.1) is 5.56 Å². The number of Topliss-reactive ketones (excluding diaryl/α,β-unsaturated/α-hetero) is 1. The Morgan fingerprint density at radius 2 is 1.73 bits per heavy atom. The highest BCUT2D eigenvalue weighted by atomic mass is 19.4. The number of carbonyl (C=O) groups excluding carboxylic acids is 1. The number of hydrogen-bond acceptors (Lipinski definition) is 2. The minimum absolute atomic E-state index is 0.168. The molecule has 0 saturated heterocycles. The number of halogens is 3. The fraction of sp³-hybridized carbons (Fsp3) is 0.0588. The molecule has 2 nitrogen and oxygen atoms in total. The lowest BCUT2D eigenvalue weighted by atomic mass is 10.00. The molecule has 0 radical (unpaired) electrons. The van der Waals surface area contributed by atoms with E-state index in [1.807, 2.05) is 0 Å². The van der Waals surface area contributed by atoms with Crippen molar-refractivity contribution in [1.82, 2.24) is 0 Å². The highest BCUT2D eigenvalue weighted by Crippen LogP contribution is 2.30. The summed E-state index contributed by atoms with van der Waals surface area (Å²) in [5.41, 5.74) is -0.682. The standard InChI is InChI=1S/C17H10F3NO/c18-17(19,20)15-8-4-7-13(10-15)16(22)14(11-21)9-12-5-2-1-3-6-12/h1-10H/b14-9-. The fourth-order valence-corrected chi connectivity index (χ4v) is 1.86. The summed E-state index contributed by atoms with van der Waals surface area (Å²) in [6.45, 7) is 0. The number of nitriles is 1. The molecule has 0 unspecified atom stereocenters. The van der Waals surface area contributed by atoms with Gasteiger partial charge in [-0.15, -0.1) is 0 Å². The van der Waals surface area contributed by atoms with Gasteiger partial charge in [0.15, 0.2) is 0 Å². The highest BCUT2D eigenvalue weighted by Gasteiger charge is 2.31. The summed E-state index contributed by atoms with van der Waals surface area (Å²) in [6, 6.07) is 14.4. The van der Waals surface area contributed by atoms with Gasteiger partial charge in [0.2, 0.25) is 5.78 Å². The number of benzene rings is 2. The van der Waals surface area contributed by atoms with Crippen molar-refractivity contribution >= 4 is 11.9 Å². The first-order valence-corrected chi connectivity index (χ1v) is 6.30. The zero-order chi connectivity index (χ0) is 16.2. The Balaban J connectivity index is 2.38. The molecule has 0 saturated carbocycles. The number of rotatable bonds is 3. The molecular weight excluding hydrogens is 291 g/mol. The smallest absolute Gasteiger partial charge is 0.288 e. The van der Waals surface area contributed by atoms with E-state index in [0.29, 0.717) is 5.56 Å². The van der Waals surface area contributed by atoms with Crippen molar-refractivity contribution in [1.29, 1.82) is 5.26 Å². The molecule has 0 aromatic heterocycles. The Morgan fingerprint density at radius 1 is 1.05 bits per heavy atom. The fourth-order valence-electron chi connectivity index (χ4n) is 1.86. The van der Waals surface area contributed by atoms with Crippen LogP contribution in [0.3, 0.4) is 0 Å².